The first-order valence-electron chi connectivity index (χ1n) is 5.67. The number of alkyl halides is 1. The van der Waals surface area contributed by atoms with Gasteiger partial charge < -0.3 is 15.4 Å². The molecule has 1 rings (SSSR count). The van der Waals surface area contributed by atoms with Crippen LogP contribution in [0.15, 0.2) is 0 Å². The van der Waals surface area contributed by atoms with E-state index in [1.807, 2.05) is 20.8 Å². The number of rotatable bonds is 2. The van der Waals surface area contributed by atoms with Crippen LogP contribution in [0.5, 0.6) is 0 Å². The Kier molecular flexibility index (Phi) is 4.53. The van der Waals surface area contributed by atoms with Gasteiger partial charge in [0.15, 0.2) is 0 Å². The van der Waals surface area contributed by atoms with Crippen molar-refractivity contribution in [3.05, 3.63) is 0 Å². The zero-order valence-corrected chi connectivity index (χ0v) is 10.2. The summed E-state index contributed by atoms with van der Waals surface area (Å²) < 4.78 is 17.6. The van der Waals surface area contributed by atoms with E-state index in [1.165, 1.54) is 0 Å². The van der Waals surface area contributed by atoms with E-state index in [1.54, 1.807) is 0 Å². The number of carbonyl (C=O) groups is 1. The van der Waals surface area contributed by atoms with Crippen LogP contribution in [0.1, 0.15) is 27.2 Å². The Balaban J connectivity index is 2.33. The summed E-state index contributed by atoms with van der Waals surface area (Å²) in [6.07, 6.45) is 0.238. The molecule has 5 heteroatoms. The summed E-state index contributed by atoms with van der Waals surface area (Å²) in [5, 5.41) is 5.84. The first-order valence-corrected chi connectivity index (χ1v) is 5.67. The zero-order chi connectivity index (χ0) is 12.2. The van der Waals surface area contributed by atoms with Gasteiger partial charge in [-0.2, -0.15) is 0 Å². The van der Waals surface area contributed by atoms with Gasteiger partial charge in [-0.1, -0.05) is 0 Å². The van der Waals surface area contributed by atoms with Gasteiger partial charge in [0.05, 0.1) is 6.67 Å². The Hall–Kier alpha value is -0.840. The molecule has 2 N–H and O–H groups in total. The molecule has 1 aliphatic rings. The molecule has 2 atom stereocenters. The average Bonchev–Trinajstić information content (AvgIpc) is 2.15. The lowest BCUT2D eigenvalue weighted by molar-refractivity contribution is 0.0487. The molecule has 16 heavy (non-hydrogen) atoms. The van der Waals surface area contributed by atoms with Crippen molar-refractivity contribution in [2.45, 2.75) is 38.8 Å². The molecular weight excluding hydrogens is 211 g/mol. The van der Waals surface area contributed by atoms with Crippen molar-refractivity contribution in [1.29, 1.82) is 0 Å². The van der Waals surface area contributed by atoms with Crippen molar-refractivity contribution in [1.82, 2.24) is 10.6 Å². The molecule has 94 valence electrons. The first kappa shape index (κ1) is 13.2. The molecule has 4 nitrogen and oxygen atoms in total. The fourth-order valence-corrected chi connectivity index (χ4v) is 1.73. The van der Waals surface area contributed by atoms with Gasteiger partial charge in [0.25, 0.3) is 0 Å². The van der Waals surface area contributed by atoms with Crippen LogP contribution in [-0.4, -0.2) is 37.5 Å². The summed E-state index contributed by atoms with van der Waals surface area (Å²) in [4.78, 5) is 11.5. The summed E-state index contributed by atoms with van der Waals surface area (Å²) in [6.45, 7) is 6.46. The minimum atomic E-state index is -0.494. The summed E-state index contributed by atoms with van der Waals surface area (Å²) in [5.74, 6) is -0.00585. The molecule has 0 aliphatic carbocycles. The molecule has 0 spiro atoms. The number of alkyl carbamates (subject to hydrolysis) is 1. The lowest BCUT2D eigenvalue weighted by Gasteiger charge is -2.30. The number of amides is 1. The number of piperidine rings is 1. The van der Waals surface area contributed by atoms with E-state index in [2.05, 4.69) is 10.6 Å². The Bertz CT molecular complexity index is 241. The van der Waals surface area contributed by atoms with E-state index in [0.29, 0.717) is 19.5 Å². The molecule has 0 unspecified atom stereocenters. The van der Waals surface area contributed by atoms with Crippen molar-refractivity contribution in [2.24, 2.45) is 5.92 Å². The summed E-state index contributed by atoms with van der Waals surface area (Å²) >= 11 is 0. The maximum absolute atomic E-state index is 12.5. The Morgan fingerprint density at radius 2 is 2.19 bits per heavy atom. The molecular formula is C11H21FN2O2. The maximum atomic E-state index is 12.5. The molecule has 1 amide bonds. The number of hydrogen-bond donors (Lipinski definition) is 2. The lowest BCUT2D eigenvalue weighted by Crippen LogP contribution is -2.50. The van der Waals surface area contributed by atoms with Gasteiger partial charge in [-0.3, -0.25) is 4.39 Å². The van der Waals surface area contributed by atoms with E-state index < -0.39 is 11.7 Å². The van der Waals surface area contributed by atoms with E-state index in [0.717, 1.165) is 0 Å². The van der Waals surface area contributed by atoms with Gasteiger partial charge in [0, 0.05) is 25.0 Å². The van der Waals surface area contributed by atoms with Crippen LogP contribution in [0.2, 0.25) is 0 Å². The van der Waals surface area contributed by atoms with Crippen LogP contribution in [-0.2, 0) is 4.74 Å². The van der Waals surface area contributed by atoms with Gasteiger partial charge in [-0.15, -0.1) is 0 Å². The van der Waals surface area contributed by atoms with Gasteiger partial charge in [-0.25, -0.2) is 4.79 Å². The summed E-state index contributed by atoms with van der Waals surface area (Å²) in [5.41, 5.74) is -0.494. The predicted octanol–water partition coefficient (Wildman–Crippen LogP) is 1.46. The number of carbonyl (C=O) groups excluding carboxylic acids is 1. The third-order valence-electron chi connectivity index (χ3n) is 2.38. The highest BCUT2D eigenvalue weighted by Crippen LogP contribution is 2.12. The topological polar surface area (TPSA) is 50.4 Å². The standard InChI is InChI=1S/C11H21FN2O2/c1-11(2,3)16-10(15)14-9-4-8(5-12)6-13-7-9/h8-9,13H,4-7H2,1-3H3,(H,14,15)/t8-,9-/m0/s1. The van der Waals surface area contributed by atoms with Gasteiger partial charge >= 0.3 is 6.09 Å². The van der Waals surface area contributed by atoms with E-state index >= 15 is 0 Å². The van der Waals surface area contributed by atoms with Gasteiger partial charge in [0.2, 0.25) is 0 Å². The van der Waals surface area contributed by atoms with Crippen molar-refractivity contribution < 1.29 is 13.9 Å². The zero-order valence-electron chi connectivity index (χ0n) is 10.2. The predicted molar refractivity (Wildman–Crippen MR) is 60.1 cm³/mol. The van der Waals surface area contributed by atoms with Crippen LogP contribution >= 0.6 is 0 Å². The van der Waals surface area contributed by atoms with E-state index in [9.17, 15) is 9.18 Å². The highest BCUT2D eigenvalue weighted by molar-refractivity contribution is 5.68. The van der Waals surface area contributed by atoms with Crippen LogP contribution in [0.25, 0.3) is 0 Å². The quantitative estimate of drug-likeness (QED) is 0.758. The van der Waals surface area contributed by atoms with Crippen LogP contribution < -0.4 is 10.6 Å². The molecule has 0 bridgehead atoms. The van der Waals surface area contributed by atoms with Crippen molar-refractivity contribution in [2.75, 3.05) is 19.8 Å². The largest absolute Gasteiger partial charge is 0.444 e. The molecule has 1 fully saturated rings. The fraction of sp³-hybridized carbons (Fsp3) is 0.909. The highest BCUT2D eigenvalue weighted by atomic mass is 19.1. The molecule has 0 aromatic rings. The normalized spacial score (nSPS) is 26.2. The van der Waals surface area contributed by atoms with Gasteiger partial charge in [-0.05, 0) is 27.2 Å². The number of ether oxygens (including phenoxy) is 1. The summed E-state index contributed by atoms with van der Waals surface area (Å²) in [6, 6.07) is -0.0376. The minimum Gasteiger partial charge on any atom is -0.444 e. The Morgan fingerprint density at radius 1 is 1.50 bits per heavy atom. The molecule has 1 heterocycles. The second-order valence-corrected chi connectivity index (χ2v) is 5.26. The Labute approximate surface area is 95.9 Å². The number of halogens is 1. The van der Waals surface area contributed by atoms with Crippen molar-refractivity contribution in [3.8, 4) is 0 Å². The number of nitrogens with one attached hydrogen (secondary N) is 2. The maximum Gasteiger partial charge on any atom is 0.407 e. The SMILES string of the molecule is CC(C)(C)OC(=O)N[C@@H]1CNC[C@H](CF)C1. The van der Waals surface area contributed by atoms with E-state index in [4.69, 9.17) is 4.74 Å². The van der Waals surface area contributed by atoms with Crippen LogP contribution in [0.4, 0.5) is 9.18 Å². The second-order valence-electron chi connectivity index (χ2n) is 5.26. The first-order chi connectivity index (χ1) is 7.40. The monoisotopic (exact) mass is 232 g/mol. The molecule has 1 saturated heterocycles. The fourth-order valence-electron chi connectivity index (χ4n) is 1.73. The third-order valence-corrected chi connectivity index (χ3v) is 2.38. The lowest BCUT2D eigenvalue weighted by atomic mass is 9.97. The van der Waals surface area contributed by atoms with Crippen molar-refractivity contribution in [3.63, 3.8) is 0 Å². The van der Waals surface area contributed by atoms with Crippen LogP contribution in [0.3, 0.4) is 0 Å². The van der Waals surface area contributed by atoms with Crippen LogP contribution in [0, 0.1) is 5.92 Å². The molecule has 1 aliphatic heterocycles. The Morgan fingerprint density at radius 3 is 2.75 bits per heavy atom. The minimum absolute atomic E-state index is 0.00585. The molecule has 0 aromatic carbocycles. The smallest absolute Gasteiger partial charge is 0.407 e. The van der Waals surface area contributed by atoms with Gasteiger partial charge in [0.1, 0.15) is 5.60 Å². The highest BCUT2D eigenvalue weighted by Gasteiger charge is 2.24. The van der Waals surface area contributed by atoms with Crippen molar-refractivity contribution >= 4 is 6.09 Å². The molecule has 0 saturated carbocycles. The number of hydrogen-bond acceptors (Lipinski definition) is 3. The van der Waals surface area contributed by atoms with E-state index in [-0.39, 0.29) is 18.6 Å². The third kappa shape index (κ3) is 4.79. The summed E-state index contributed by atoms with van der Waals surface area (Å²) in [7, 11) is 0. The second kappa shape index (κ2) is 5.48. The molecule has 0 radical (unpaired) electrons. The molecule has 0 aromatic heterocycles. The average molecular weight is 232 g/mol.